The van der Waals surface area contributed by atoms with Gasteiger partial charge >= 0.3 is 0 Å². The highest BCUT2D eigenvalue weighted by molar-refractivity contribution is 7.90. The van der Waals surface area contributed by atoms with Gasteiger partial charge in [-0.2, -0.15) is 0 Å². The van der Waals surface area contributed by atoms with E-state index >= 15 is 0 Å². The van der Waals surface area contributed by atoms with Crippen molar-refractivity contribution in [3.8, 4) is 5.75 Å². The third-order valence-corrected chi connectivity index (χ3v) is 3.45. The van der Waals surface area contributed by atoms with Crippen molar-refractivity contribution < 1.29 is 18.3 Å². The lowest BCUT2D eigenvalue weighted by atomic mass is 10.2. The average molecular weight is 292 g/mol. The third-order valence-electron chi connectivity index (χ3n) is 2.18. The number of phenols is 1. The van der Waals surface area contributed by atoms with Gasteiger partial charge in [-0.3, -0.25) is 4.79 Å². The Balaban J connectivity index is 2.53. The Kier molecular flexibility index (Phi) is 4.98. The first-order valence-corrected chi connectivity index (χ1v) is 7.68. The highest BCUT2D eigenvalue weighted by Gasteiger charge is 2.11. The maximum atomic E-state index is 11.7. The molecule has 100 valence electrons. The number of aromatic hydroxyl groups is 1. The van der Waals surface area contributed by atoms with E-state index in [2.05, 4.69) is 5.32 Å². The molecule has 5 nitrogen and oxygen atoms in total. The second-order valence-corrected chi connectivity index (χ2v) is 6.60. The molecular formula is C11H14ClNO4S. The minimum absolute atomic E-state index is 0.00874. The predicted octanol–water partition coefficient (Wildman–Crippen LogP) is 1.21. The predicted molar refractivity (Wildman–Crippen MR) is 69.8 cm³/mol. The van der Waals surface area contributed by atoms with Crippen LogP contribution in [0.25, 0.3) is 0 Å². The van der Waals surface area contributed by atoms with Crippen molar-refractivity contribution in [1.82, 2.24) is 5.32 Å². The number of carbonyl (C=O) groups is 1. The van der Waals surface area contributed by atoms with Crippen LogP contribution in [-0.2, 0) is 9.84 Å². The largest absolute Gasteiger partial charge is 0.507 e. The van der Waals surface area contributed by atoms with Crippen LogP contribution in [-0.4, -0.2) is 38.0 Å². The first kappa shape index (κ1) is 14.8. The molecular weight excluding hydrogens is 278 g/mol. The lowest BCUT2D eigenvalue weighted by Gasteiger charge is -2.06. The van der Waals surface area contributed by atoms with Crippen LogP contribution in [0.3, 0.4) is 0 Å². The van der Waals surface area contributed by atoms with Crippen LogP contribution in [0, 0.1) is 0 Å². The summed E-state index contributed by atoms with van der Waals surface area (Å²) in [6.07, 6.45) is 1.46. The normalized spacial score (nSPS) is 11.2. The van der Waals surface area contributed by atoms with Crippen LogP contribution in [0.2, 0.25) is 5.02 Å². The summed E-state index contributed by atoms with van der Waals surface area (Å²) in [5.41, 5.74) is 0.0712. The molecule has 0 spiro atoms. The molecule has 0 atom stereocenters. The SMILES string of the molecule is CS(=O)(=O)CCCNC(=O)c1cc(Cl)ccc1O. The number of benzene rings is 1. The molecule has 18 heavy (non-hydrogen) atoms. The summed E-state index contributed by atoms with van der Waals surface area (Å²) in [7, 11) is -3.02. The van der Waals surface area contributed by atoms with Crippen LogP contribution >= 0.6 is 11.6 Å². The topological polar surface area (TPSA) is 83.5 Å². The van der Waals surface area contributed by atoms with Gasteiger partial charge in [0.25, 0.3) is 5.91 Å². The smallest absolute Gasteiger partial charge is 0.255 e. The Hall–Kier alpha value is -1.27. The number of rotatable bonds is 5. The Bertz CT molecular complexity index is 542. The van der Waals surface area contributed by atoms with Gasteiger partial charge < -0.3 is 10.4 Å². The van der Waals surface area contributed by atoms with Gasteiger partial charge in [0.15, 0.2) is 0 Å². The lowest BCUT2D eigenvalue weighted by Crippen LogP contribution is -2.25. The highest BCUT2D eigenvalue weighted by Crippen LogP contribution is 2.21. The molecule has 0 aliphatic carbocycles. The highest BCUT2D eigenvalue weighted by atomic mass is 35.5. The summed E-state index contributed by atoms with van der Waals surface area (Å²) in [5, 5.41) is 12.3. The summed E-state index contributed by atoms with van der Waals surface area (Å²) in [4.78, 5) is 11.7. The van der Waals surface area contributed by atoms with Crippen LogP contribution in [0.4, 0.5) is 0 Å². The van der Waals surface area contributed by atoms with E-state index < -0.39 is 15.7 Å². The second kappa shape index (κ2) is 6.06. The molecule has 1 amide bonds. The number of hydrogen-bond donors (Lipinski definition) is 2. The monoisotopic (exact) mass is 291 g/mol. The van der Waals surface area contributed by atoms with E-state index in [1.165, 1.54) is 18.2 Å². The maximum Gasteiger partial charge on any atom is 0.255 e. The Morgan fingerprint density at radius 1 is 1.44 bits per heavy atom. The van der Waals surface area contributed by atoms with Gasteiger partial charge in [0.2, 0.25) is 0 Å². The van der Waals surface area contributed by atoms with E-state index in [0.29, 0.717) is 11.4 Å². The Morgan fingerprint density at radius 2 is 2.11 bits per heavy atom. The summed E-state index contributed by atoms with van der Waals surface area (Å²) in [6.45, 7) is 0.220. The number of amides is 1. The third kappa shape index (κ3) is 4.93. The minimum atomic E-state index is -3.02. The number of phenolic OH excluding ortho intramolecular Hbond substituents is 1. The van der Waals surface area contributed by atoms with Gasteiger partial charge in [0, 0.05) is 17.8 Å². The van der Waals surface area contributed by atoms with Gasteiger partial charge in [-0.15, -0.1) is 0 Å². The Morgan fingerprint density at radius 3 is 2.72 bits per heavy atom. The maximum absolute atomic E-state index is 11.7. The van der Waals surface area contributed by atoms with Crippen LogP contribution in [0.15, 0.2) is 18.2 Å². The van der Waals surface area contributed by atoms with Crippen molar-refractivity contribution in [3.63, 3.8) is 0 Å². The zero-order valence-corrected chi connectivity index (χ0v) is 11.4. The van der Waals surface area contributed by atoms with Gasteiger partial charge in [-0.1, -0.05) is 11.6 Å². The first-order valence-electron chi connectivity index (χ1n) is 5.24. The molecule has 0 saturated carbocycles. The standard InChI is InChI=1S/C11H14ClNO4S/c1-18(16,17)6-2-5-13-11(15)9-7-8(12)3-4-10(9)14/h3-4,7,14H,2,5-6H2,1H3,(H,13,15). The molecule has 0 saturated heterocycles. The van der Waals surface area contributed by atoms with Crippen LogP contribution in [0.1, 0.15) is 16.8 Å². The van der Waals surface area contributed by atoms with Crippen molar-refractivity contribution >= 4 is 27.3 Å². The van der Waals surface area contributed by atoms with Crippen molar-refractivity contribution in [1.29, 1.82) is 0 Å². The molecule has 2 N–H and O–H groups in total. The van der Waals surface area contributed by atoms with Gasteiger partial charge in [0.05, 0.1) is 11.3 Å². The number of halogens is 1. The second-order valence-electron chi connectivity index (χ2n) is 3.90. The van der Waals surface area contributed by atoms with E-state index in [4.69, 9.17) is 11.6 Å². The zero-order valence-electron chi connectivity index (χ0n) is 9.81. The number of nitrogens with one attached hydrogen (secondary N) is 1. The molecule has 0 radical (unpaired) electrons. The van der Waals surface area contributed by atoms with Crippen LogP contribution in [0.5, 0.6) is 5.75 Å². The summed E-state index contributed by atoms with van der Waals surface area (Å²) in [5.74, 6) is -0.641. The van der Waals surface area contributed by atoms with Crippen molar-refractivity contribution in [2.75, 3.05) is 18.6 Å². The quantitative estimate of drug-likeness (QED) is 0.799. The van der Waals surface area contributed by atoms with E-state index in [-0.39, 0.29) is 23.6 Å². The fraction of sp³-hybridized carbons (Fsp3) is 0.364. The Labute approximate surface area is 111 Å². The first-order chi connectivity index (χ1) is 8.29. The van der Waals surface area contributed by atoms with E-state index in [9.17, 15) is 18.3 Å². The van der Waals surface area contributed by atoms with Crippen molar-refractivity contribution in [3.05, 3.63) is 28.8 Å². The fourth-order valence-corrected chi connectivity index (χ4v) is 2.16. The molecule has 0 unspecified atom stereocenters. The molecule has 1 aromatic carbocycles. The summed E-state index contributed by atoms with van der Waals surface area (Å²) in [6, 6.07) is 4.15. The number of carbonyl (C=O) groups excluding carboxylic acids is 1. The zero-order chi connectivity index (χ0) is 13.8. The summed E-state index contributed by atoms with van der Waals surface area (Å²) >= 11 is 5.71. The molecule has 7 heteroatoms. The van der Waals surface area contributed by atoms with Crippen molar-refractivity contribution in [2.45, 2.75) is 6.42 Å². The van der Waals surface area contributed by atoms with Crippen LogP contribution < -0.4 is 5.32 Å². The summed E-state index contributed by atoms with van der Waals surface area (Å²) < 4.78 is 21.7. The number of sulfone groups is 1. The van der Waals surface area contributed by atoms with Gasteiger partial charge in [0.1, 0.15) is 15.6 Å². The molecule has 0 aliphatic rings. The molecule has 1 aromatic rings. The minimum Gasteiger partial charge on any atom is -0.507 e. The van der Waals surface area contributed by atoms with Gasteiger partial charge in [-0.25, -0.2) is 8.42 Å². The lowest BCUT2D eigenvalue weighted by molar-refractivity contribution is 0.0951. The molecule has 0 aromatic heterocycles. The molecule has 0 bridgehead atoms. The molecule has 0 aliphatic heterocycles. The molecule has 0 fully saturated rings. The van der Waals surface area contributed by atoms with E-state index in [1.54, 1.807) is 0 Å². The number of hydrogen-bond acceptors (Lipinski definition) is 4. The average Bonchev–Trinajstić information content (AvgIpc) is 2.26. The van der Waals surface area contributed by atoms with E-state index in [1.807, 2.05) is 0 Å². The molecule has 1 rings (SSSR count). The van der Waals surface area contributed by atoms with E-state index in [0.717, 1.165) is 6.26 Å². The van der Waals surface area contributed by atoms with Gasteiger partial charge in [-0.05, 0) is 24.6 Å². The fourth-order valence-electron chi connectivity index (χ4n) is 1.32. The molecule has 0 heterocycles. The van der Waals surface area contributed by atoms with Crippen molar-refractivity contribution in [2.24, 2.45) is 0 Å².